The van der Waals surface area contributed by atoms with E-state index in [0.29, 0.717) is 6.04 Å². The number of benzene rings is 3. The zero-order valence-electron chi connectivity index (χ0n) is 11.8. The monoisotopic (exact) mass is 290 g/mol. The zero-order chi connectivity index (χ0) is 15.1. The van der Waals surface area contributed by atoms with Gasteiger partial charge in [0.15, 0.2) is 0 Å². The number of hydrogen-bond acceptors (Lipinski definition) is 3. The fourth-order valence-electron chi connectivity index (χ4n) is 2.89. The van der Waals surface area contributed by atoms with Crippen molar-refractivity contribution in [2.45, 2.75) is 6.04 Å². The van der Waals surface area contributed by atoms with Gasteiger partial charge in [-0.05, 0) is 34.5 Å². The van der Waals surface area contributed by atoms with Crippen molar-refractivity contribution >= 4 is 22.1 Å². The van der Waals surface area contributed by atoms with Crippen molar-refractivity contribution in [2.24, 2.45) is 0 Å². The van der Waals surface area contributed by atoms with Crippen molar-refractivity contribution in [3.05, 3.63) is 82.4 Å². The maximum Gasteiger partial charge on any atom is 0.269 e. The quantitative estimate of drug-likeness (QED) is 0.410. The summed E-state index contributed by atoms with van der Waals surface area (Å²) in [6.45, 7) is 0.955. The largest absolute Gasteiger partial charge is 0.360 e. The molecule has 4 nitrogen and oxygen atoms in total. The Hall–Kier alpha value is -2.88. The number of hydrogen-bond donors (Lipinski definition) is 0. The third-order valence-corrected chi connectivity index (χ3v) is 4.16. The highest BCUT2D eigenvalue weighted by molar-refractivity contribution is 5.83. The number of nitro groups is 1. The van der Waals surface area contributed by atoms with E-state index in [4.69, 9.17) is 0 Å². The zero-order valence-corrected chi connectivity index (χ0v) is 11.8. The van der Waals surface area contributed by atoms with E-state index in [2.05, 4.69) is 35.2 Å². The van der Waals surface area contributed by atoms with Gasteiger partial charge in [-0.3, -0.25) is 10.1 Å². The molecule has 4 rings (SSSR count). The molecule has 0 N–H and O–H groups in total. The minimum Gasteiger partial charge on any atom is -0.360 e. The number of fused-ring (bicyclic) bond motifs is 1. The molecule has 3 aromatic rings. The summed E-state index contributed by atoms with van der Waals surface area (Å²) in [5, 5.41) is 13.2. The Bertz CT molecular complexity index is 858. The number of nitro benzene ring substituents is 1. The highest BCUT2D eigenvalue weighted by Crippen LogP contribution is 2.40. The molecule has 0 spiro atoms. The van der Waals surface area contributed by atoms with E-state index >= 15 is 0 Å². The highest BCUT2D eigenvalue weighted by atomic mass is 16.6. The Morgan fingerprint density at radius 1 is 0.955 bits per heavy atom. The van der Waals surface area contributed by atoms with Crippen molar-refractivity contribution < 1.29 is 4.92 Å². The molecule has 1 aliphatic rings. The van der Waals surface area contributed by atoms with Crippen LogP contribution in [0.5, 0.6) is 0 Å². The van der Waals surface area contributed by atoms with Gasteiger partial charge in [-0.25, -0.2) is 0 Å². The summed E-state index contributed by atoms with van der Waals surface area (Å²) in [7, 11) is 0. The van der Waals surface area contributed by atoms with Crippen LogP contribution in [0.4, 0.5) is 11.4 Å². The number of nitrogens with zero attached hydrogens (tertiary/aromatic N) is 2. The average molecular weight is 290 g/mol. The molecule has 0 bridgehead atoms. The molecule has 0 radical (unpaired) electrons. The second kappa shape index (κ2) is 4.84. The van der Waals surface area contributed by atoms with Crippen LogP contribution in [-0.2, 0) is 0 Å². The maximum absolute atomic E-state index is 10.7. The number of non-ortho nitro benzene ring substituents is 1. The van der Waals surface area contributed by atoms with Gasteiger partial charge in [-0.15, -0.1) is 0 Å². The van der Waals surface area contributed by atoms with Crippen LogP contribution in [-0.4, -0.2) is 11.5 Å². The molecule has 1 atom stereocenters. The topological polar surface area (TPSA) is 46.1 Å². The minimum atomic E-state index is -0.368. The van der Waals surface area contributed by atoms with Crippen molar-refractivity contribution in [2.75, 3.05) is 11.4 Å². The van der Waals surface area contributed by atoms with Gasteiger partial charge in [0.1, 0.15) is 0 Å². The van der Waals surface area contributed by atoms with E-state index < -0.39 is 0 Å². The van der Waals surface area contributed by atoms with Crippen LogP contribution < -0.4 is 4.90 Å². The van der Waals surface area contributed by atoms with Crippen molar-refractivity contribution in [1.29, 1.82) is 0 Å². The molecular weight excluding hydrogens is 276 g/mol. The van der Waals surface area contributed by atoms with E-state index in [1.165, 1.54) is 16.3 Å². The van der Waals surface area contributed by atoms with E-state index in [1.54, 1.807) is 12.1 Å². The maximum atomic E-state index is 10.7. The lowest BCUT2D eigenvalue weighted by Crippen LogP contribution is -1.95. The molecule has 0 aromatic heterocycles. The van der Waals surface area contributed by atoms with Gasteiger partial charge < -0.3 is 4.90 Å². The van der Waals surface area contributed by atoms with Crippen LogP contribution in [0.1, 0.15) is 11.6 Å². The summed E-state index contributed by atoms with van der Waals surface area (Å²) < 4.78 is 0. The summed E-state index contributed by atoms with van der Waals surface area (Å²) in [4.78, 5) is 12.6. The molecule has 1 unspecified atom stereocenters. The lowest BCUT2D eigenvalue weighted by atomic mass is 10.1. The number of rotatable bonds is 3. The first-order chi connectivity index (χ1) is 10.7. The standard InChI is InChI=1S/C18H14N2O2/c21-20(22)17-9-7-16(8-10-17)19-12-18(19)15-6-5-13-3-1-2-4-14(13)11-15/h1-11,18H,12H2. The molecule has 1 aliphatic heterocycles. The SMILES string of the molecule is O=[N+]([O-])c1ccc(N2CC2c2ccc3ccccc3c2)cc1. The Labute approximate surface area is 127 Å². The Kier molecular flexibility index (Phi) is 2.82. The second-order valence-corrected chi connectivity index (χ2v) is 5.55. The fraction of sp³-hybridized carbons (Fsp3) is 0.111. The second-order valence-electron chi connectivity index (χ2n) is 5.55. The summed E-state index contributed by atoms with van der Waals surface area (Å²) in [6.07, 6.45) is 0. The predicted molar refractivity (Wildman–Crippen MR) is 87.1 cm³/mol. The van der Waals surface area contributed by atoms with Crippen LogP contribution in [0.2, 0.25) is 0 Å². The van der Waals surface area contributed by atoms with Crippen molar-refractivity contribution in [3.63, 3.8) is 0 Å². The van der Waals surface area contributed by atoms with Crippen LogP contribution in [0.25, 0.3) is 10.8 Å². The highest BCUT2D eigenvalue weighted by Gasteiger charge is 2.35. The fourth-order valence-corrected chi connectivity index (χ4v) is 2.89. The van der Waals surface area contributed by atoms with Crippen LogP contribution in [0, 0.1) is 10.1 Å². The Morgan fingerprint density at radius 2 is 1.68 bits per heavy atom. The van der Waals surface area contributed by atoms with E-state index in [9.17, 15) is 10.1 Å². The van der Waals surface area contributed by atoms with Gasteiger partial charge in [-0.2, -0.15) is 0 Å². The first-order valence-corrected chi connectivity index (χ1v) is 7.22. The van der Waals surface area contributed by atoms with Gasteiger partial charge >= 0.3 is 0 Å². The van der Waals surface area contributed by atoms with Crippen LogP contribution in [0.15, 0.2) is 66.7 Å². The molecule has 3 aromatic carbocycles. The molecule has 108 valence electrons. The van der Waals surface area contributed by atoms with Crippen LogP contribution in [0.3, 0.4) is 0 Å². The number of anilines is 1. The lowest BCUT2D eigenvalue weighted by Gasteiger charge is -2.07. The van der Waals surface area contributed by atoms with Gasteiger partial charge in [-0.1, -0.05) is 36.4 Å². The van der Waals surface area contributed by atoms with Gasteiger partial charge in [0.05, 0.1) is 11.0 Å². The lowest BCUT2D eigenvalue weighted by molar-refractivity contribution is -0.384. The molecule has 0 amide bonds. The van der Waals surface area contributed by atoms with Gasteiger partial charge in [0, 0.05) is 24.4 Å². The average Bonchev–Trinajstić information content (AvgIpc) is 3.35. The van der Waals surface area contributed by atoms with Crippen molar-refractivity contribution in [1.82, 2.24) is 0 Å². The molecule has 22 heavy (non-hydrogen) atoms. The summed E-state index contributed by atoms with van der Waals surface area (Å²) in [6, 6.07) is 22.0. The van der Waals surface area contributed by atoms with E-state index in [0.717, 1.165) is 12.2 Å². The molecule has 4 heteroatoms. The normalized spacial score (nSPS) is 16.7. The van der Waals surface area contributed by atoms with E-state index in [-0.39, 0.29) is 10.6 Å². The van der Waals surface area contributed by atoms with Crippen LogP contribution >= 0.6 is 0 Å². The molecular formula is C18H14N2O2. The molecule has 1 saturated heterocycles. The van der Waals surface area contributed by atoms with Gasteiger partial charge in [0.2, 0.25) is 0 Å². The Balaban J connectivity index is 1.58. The molecule has 0 aliphatic carbocycles. The smallest absolute Gasteiger partial charge is 0.269 e. The third kappa shape index (κ3) is 2.19. The third-order valence-electron chi connectivity index (χ3n) is 4.16. The summed E-state index contributed by atoms with van der Waals surface area (Å²) >= 11 is 0. The summed E-state index contributed by atoms with van der Waals surface area (Å²) in [5.41, 5.74) is 2.45. The Morgan fingerprint density at radius 3 is 2.41 bits per heavy atom. The predicted octanol–water partition coefficient (Wildman–Crippen LogP) is 4.31. The molecule has 1 heterocycles. The molecule has 1 fully saturated rings. The van der Waals surface area contributed by atoms with Gasteiger partial charge in [0.25, 0.3) is 5.69 Å². The first kappa shape index (κ1) is 12.8. The first-order valence-electron chi connectivity index (χ1n) is 7.22. The van der Waals surface area contributed by atoms with Crippen molar-refractivity contribution in [3.8, 4) is 0 Å². The minimum absolute atomic E-state index is 0.132. The molecule has 0 saturated carbocycles. The summed E-state index contributed by atoms with van der Waals surface area (Å²) in [5.74, 6) is 0. The van der Waals surface area contributed by atoms with E-state index in [1.807, 2.05) is 24.3 Å².